The Kier molecular flexibility index (Phi) is 10.2. The van der Waals surface area contributed by atoms with Gasteiger partial charge in [0.05, 0.1) is 0 Å². The molecular formula is C16H34. The molecule has 0 saturated heterocycles. The fourth-order valence-corrected chi connectivity index (χ4v) is 2.91. The van der Waals surface area contributed by atoms with Crippen molar-refractivity contribution < 1.29 is 0 Å². The van der Waals surface area contributed by atoms with E-state index in [0.29, 0.717) is 0 Å². The van der Waals surface area contributed by atoms with E-state index in [9.17, 15) is 0 Å². The molecule has 0 spiro atoms. The molecule has 0 nitrogen and oxygen atoms in total. The zero-order valence-electron chi connectivity index (χ0n) is 12.4. The van der Waals surface area contributed by atoms with Crippen molar-refractivity contribution in [2.75, 3.05) is 0 Å². The van der Waals surface area contributed by atoms with Crippen LogP contribution in [-0.2, 0) is 0 Å². The molecule has 0 N–H and O–H groups in total. The lowest BCUT2D eigenvalue weighted by Crippen LogP contribution is -2.21. The van der Waals surface area contributed by atoms with Crippen LogP contribution in [0, 0.1) is 17.8 Å². The van der Waals surface area contributed by atoms with E-state index in [1.807, 2.05) is 0 Å². The summed E-state index contributed by atoms with van der Waals surface area (Å²) in [5.41, 5.74) is 0. The minimum absolute atomic E-state index is 0.924. The van der Waals surface area contributed by atoms with Crippen LogP contribution in [0.25, 0.3) is 0 Å². The summed E-state index contributed by atoms with van der Waals surface area (Å²) < 4.78 is 0. The summed E-state index contributed by atoms with van der Waals surface area (Å²) in [5.74, 6) is 2.90. The molecule has 0 aromatic heterocycles. The molecule has 16 heavy (non-hydrogen) atoms. The van der Waals surface area contributed by atoms with Crippen molar-refractivity contribution in [3.05, 3.63) is 0 Å². The quantitative estimate of drug-likeness (QED) is 0.425. The zero-order valence-corrected chi connectivity index (χ0v) is 12.4. The van der Waals surface area contributed by atoms with Crippen LogP contribution in [-0.4, -0.2) is 0 Å². The van der Waals surface area contributed by atoms with Gasteiger partial charge < -0.3 is 0 Å². The second-order valence-corrected chi connectivity index (χ2v) is 5.50. The van der Waals surface area contributed by atoms with Crippen LogP contribution in [0.2, 0.25) is 0 Å². The van der Waals surface area contributed by atoms with E-state index in [2.05, 4.69) is 34.6 Å². The third kappa shape index (κ3) is 5.92. The predicted octanol–water partition coefficient (Wildman–Crippen LogP) is 6.06. The topological polar surface area (TPSA) is 0 Å². The third-order valence-corrected chi connectivity index (χ3v) is 4.32. The fraction of sp³-hybridized carbons (Fsp3) is 1.00. The van der Waals surface area contributed by atoms with Crippen molar-refractivity contribution in [1.82, 2.24) is 0 Å². The van der Waals surface area contributed by atoms with Gasteiger partial charge in [-0.15, -0.1) is 0 Å². The lowest BCUT2D eigenvalue weighted by Gasteiger charge is -2.31. The molecule has 3 atom stereocenters. The highest BCUT2D eigenvalue weighted by atomic mass is 14.3. The van der Waals surface area contributed by atoms with E-state index in [1.54, 1.807) is 0 Å². The Balaban J connectivity index is 4.29. The highest BCUT2D eigenvalue weighted by molar-refractivity contribution is 4.74. The Labute approximate surface area is 104 Å². The van der Waals surface area contributed by atoms with Gasteiger partial charge in [0, 0.05) is 0 Å². The number of hydrogen-bond donors (Lipinski definition) is 0. The maximum Gasteiger partial charge on any atom is -0.0360 e. The zero-order chi connectivity index (χ0) is 12.4. The summed E-state index contributed by atoms with van der Waals surface area (Å²) in [6.07, 6.45) is 11.2. The van der Waals surface area contributed by atoms with Gasteiger partial charge in [0.1, 0.15) is 0 Å². The average Bonchev–Trinajstić information content (AvgIpc) is 2.32. The summed E-state index contributed by atoms with van der Waals surface area (Å²) in [6, 6.07) is 0. The summed E-state index contributed by atoms with van der Waals surface area (Å²) in [4.78, 5) is 0. The van der Waals surface area contributed by atoms with Crippen molar-refractivity contribution >= 4 is 0 Å². The molecule has 0 rings (SSSR count). The monoisotopic (exact) mass is 226 g/mol. The largest absolute Gasteiger partial charge is 0.0654 e. The van der Waals surface area contributed by atoms with Crippen LogP contribution in [0.1, 0.15) is 86.0 Å². The number of hydrogen-bond acceptors (Lipinski definition) is 0. The first-order chi connectivity index (χ1) is 7.71. The molecule has 0 aromatic carbocycles. The second kappa shape index (κ2) is 10.2. The van der Waals surface area contributed by atoms with E-state index in [0.717, 1.165) is 17.8 Å². The van der Waals surface area contributed by atoms with Crippen LogP contribution in [0.3, 0.4) is 0 Å². The summed E-state index contributed by atoms with van der Waals surface area (Å²) >= 11 is 0. The minimum Gasteiger partial charge on any atom is -0.0654 e. The number of unbranched alkanes of at least 4 members (excludes halogenated alkanes) is 2. The molecular weight excluding hydrogens is 192 g/mol. The molecule has 0 aliphatic rings. The van der Waals surface area contributed by atoms with Gasteiger partial charge in [-0.05, 0) is 24.2 Å². The lowest BCUT2D eigenvalue weighted by atomic mass is 9.75. The van der Waals surface area contributed by atoms with E-state index in [4.69, 9.17) is 0 Å². The van der Waals surface area contributed by atoms with E-state index < -0.39 is 0 Å². The van der Waals surface area contributed by atoms with Gasteiger partial charge in [0.25, 0.3) is 0 Å². The van der Waals surface area contributed by atoms with Gasteiger partial charge in [0.2, 0.25) is 0 Å². The maximum absolute atomic E-state index is 2.47. The SMILES string of the molecule is CCCCC(CC)C(CCCC)C(C)CC. The van der Waals surface area contributed by atoms with Gasteiger partial charge in [-0.1, -0.05) is 79.6 Å². The predicted molar refractivity (Wildman–Crippen MR) is 75.8 cm³/mol. The summed E-state index contributed by atoms with van der Waals surface area (Å²) in [7, 11) is 0. The first-order valence-corrected chi connectivity index (χ1v) is 7.71. The van der Waals surface area contributed by atoms with Crippen LogP contribution in [0.5, 0.6) is 0 Å². The standard InChI is InChI=1S/C16H34/c1-6-10-12-15(9-4)16(13-11-7-2)14(5)8-3/h14-16H,6-13H2,1-5H3. The van der Waals surface area contributed by atoms with Crippen molar-refractivity contribution in [1.29, 1.82) is 0 Å². The van der Waals surface area contributed by atoms with Gasteiger partial charge in [-0.3, -0.25) is 0 Å². The second-order valence-electron chi connectivity index (χ2n) is 5.50. The van der Waals surface area contributed by atoms with E-state index in [-0.39, 0.29) is 0 Å². The maximum atomic E-state index is 2.47. The molecule has 0 heteroatoms. The molecule has 0 amide bonds. The van der Waals surface area contributed by atoms with Crippen LogP contribution in [0.15, 0.2) is 0 Å². The molecule has 98 valence electrons. The molecule has 3 unspecified atom stereocenters. The highest BCUT2D eigenvalue weighted by Gasteiger charge is 2.23. The molecule has 0 heterocycles. The minimum atomic E-state index is 0.924. The van der Waals surface area contributed by atoms with Crippen LogP contribution >= 0.6 is 0 Å². The molecule has 0 aliphatic carbocycles. The smallest absolute Gasteiger partial charge is 0.0360 e. The Morgan fingerprint density at radius 2 is 1.31 bits per heavy atom. The van der Waals surface area contributed by atoms with E-state index >= 15 is 0 Å². The van der Waals surface area contributed by atoms with Gasteiger partial charge in [-0.2, -0.15) is 0 Å². The first kappa shape index (κ1) is 16.0. The first-order valence-electron chi connectivity index (χ1n) is 7.71. The van der Waals surface area contributed by atoms with E-state index in [1.165, 1.54) is 51.4 Å². The average molecular weight is 226 g/mol. The van der Waals surface area contributed by atoms with Crippen LogP contribution < -0.4 is 0 Å². The Hall–Kier alpha value is 0. The van der Waals surface area contributed by atoms with Crippen molar-refractivity contribution in [2.45, 2.75) is 86.0 Å². The van der Waals surface area contributed by atoms with Crippen LogP contribution in [0.4, 0.5) is 0 Å². The Bertz CT molecular complexity index is 139. The molecule has 0 aliphatic heterocycles. The fourth-order valence-electron chi connectivity index (χ4n) is 2.91. The molecule has 0 radical (unpaired) electrons. The van der Waals surface area contributed by atoms with Gasteiger partial charge in [-0.25, -0.2) is 0 Å². The number of rotatable bonds is 10. The molecule has 0 bridgehead atoms. The Morgan fingerprint density at radius 3 is 1.75 bits per heavy atom. The molecule has 0 aromatic rings. The van der Waals surface area contributed by atoms with Crippen molar-refractivity contribution in [2.24, 2.45) is 17.8 Å². The van der Waals surface area contributed by atoms with Crippen molar-refractivity contribution in [3.8, 4) is 0 Å². The lowest BCUT2D eigenvalue weighted by molar-refractivity contribution is 0.195. The third-order valence-electron chi connectivity index (χ3n) is 4.32. The summed E-state index contributed by atoms with van der Waals surface area (Å²) in [5, 5.41) is 0. The Morgan fingerprint density at radius 1 is 0.750 bits per heavy atom. The normalized spacial score (nSPS) is 17.1. The summed E-state index contributed by atoms with van der Waals surface area (Å²) in [6.45, 7) is 11.9. The molecule has 0 saturated carbocycles. The van der Waals surface area contributed by atoms with Crippen molar-refractivity contribution in [3.63, 3.8) is 0 Å². The highest BCUT2D eigenvalue weighted by Crippen LogP contribution is 2.33. The molecule has 0 fully saturated rings. The van der Waals surface area contributed by atoms with Gasteiger partial charge >= 0.3 is 0 Å². The van der Waals surface area contributed by atoms with Gasteiger partial charge in [0.15, 0.2) is 0 Å².